The highest BCUT2D eigenvalue weighted by atomic mass is 16.5. The number of nitriles is 1. The first-order valence-corrected chi connectivity index (χ1v) is 12.4. The summed E-state index contributed by atoms with van der Waals surface area (Å²) in [6.07, 6.45) is 5.66. The van der Waals surface area contributed by atoms with Crippen molar-refractivity contribution >= 4 is 11.9 Å². The van der Waals surface area contributed by atoms with E-state index in [1.807, 2.05) is 13.8 Å². The Morgan fingerprint density at radius 1 is 1.12 bits per heavy atom. The Hall–Kier alpha value is -2.17. The molecule has 1 fully saturated rings. The number of nitrogens with zero attached hydrogens (tertiary/aromatic N) is 1. The molecule has 1 heterocycles. The molecule has 1 aliphatic heterocycles. The first kappa shape index (κ1) is 28.1. The molecular formula is C27H41NO6. The minimum atomic E-state index is -0.937. The smallest absolute Gasteiger partial charge is 0.309 e. The molecule has 7 heteroatoms. The molecule has 0 aromatic carbocycles. The number of carboxylic acid groups (broad SMARTS) is 1. The van der Waals surface area contributed by atoms with Crippen LogP contribution >= 0.6 is 0 Å². The van der Waals surface area contributed by atoms with Gasteiger partial charge in [-0.2, -0.15) is 5.26 Å². The Labute approximate surface area is 203 Å². The molecule has 0 amide bonds. The highest BCUT2D eigenvalue weighted by Crippen LogP contribution is 2.55. The number of aliphatic carboxylic acids is 1. The SMILES string of the molecule is CC1CC(C)CC(C)C(O)C(C#N)=CC=CCC(C2CC2(C)C(=O)O)OC(=O)CC(O)C(C)C1. The number of rotatable bonds is 2. The monoisotopic (exact) mass is 475 g/mol. The van der Waals surface area contributed by atoms with Gasteiger partial charge in [0.05, 0.1) is 35.7 Å². The summed E-state index contributed by atoms with van der Waals surface area (Å²) in [5, 5.41) is 40.4. The van der Waals surface area contributed by atoms with Crippen LogP contribution in [0.4, 0.5) is 0 Å². The van der Waals surface area contributed by atoms with E-state index in [-0.39, 0.29) is 29.7 Å². The van der Waals surface area contributed by atoms with Crippen molar-refractivity contribution in [2.75, 3.05) is 0 Å². The lowest BCUT2D eigenvalue weighted by Gasteiger charge is -2.27. The Morgan fingerprint density at radius 2 is 1.74 bits per heavy atom. The van der Waals surface area contributed by atoms with Crippen molar-refractivity contribution < 1.29 is 29.6 Å². The van der Waals surface area contributed by atoms with E-state index in [1.165, 1.54) is 0 Å². The molecule has 0 bridgehead atoms. The van der Waals surface area contributed by atoms with Crippen LogP contribution in [0.1, 0.15) is 73.1 Å². The molecule has 2 aliphatic rings. The molecular weight excluding hydrogens is 434 g/mol. The van der Waals surface area contributed by atoms with Crippen LogP contribution in [0, 0.1) is 46.3 Å². The zero-order valence-electron chi connectivity index (χ0n) is 21.1. The summed E-state index contributed by atoms with van der Waals surface area (Å²) in [7, 11) is 0. The zero-order chi connectivity index (χ0) is 25.6. The quantitative estimate of drug-likeness (QED) is 0.509. The van der Waals surface area contributed by atoms with E-state index in [0.29, 0.717) is 24.7 Å². The van der Waals surface area contributed by atoms with Gasteiger partial charge >= 0.3 is 11.9 Å². The van der Waals surface area contributed by atoms with Crippen LogP contribution in [0.3, 0.4) is 0 Å². The molecule has 9 unspecified atom stereocenters. The van der Waals surface area contributed by atoms with Crippen LogP contribution in [0.25, 0.3) is 0 Å². The van der Waals surface area contributed by atoms with Gasteiger partial charge in [0.25, 0.3) is 0 Å². The predicted octanol–water partition coefficient (Wildman–Crippen LogP) is 4.25. The van der Waals surface area contributed by atoms with Crippen LogP contribution in [0.2, 0.25) is 0 Å². The standard InChI is InChI=1S/C27H41NO6/c1-16-10-17(2)12-19(4)25(31)20(15-28)8-6-7-9-23(21-14-27(21,5)26(32)33)34-24(30)13-22(29)18(3)11-16/h6-8,16-19,21-23,25,29,31H,9-14H2,1-5H3,(H,32,33). The van der Waals surface area contributed by atoms with E-state index in [2.05, 4.69) is 19.9 Å². The number of cyclic esters (lactones) is 1. The molecule has 7 nitrogen and oxygen atoms in total. The minimum absolute atomic E-state index is 0.0835. The van der Waals surface area contributed by atoms with Crippen LogP contribution in [-0.4, -0.2) is 45.6 Å². The van der Waals surface area contributed by atoms with E-state index in [9.17, 15) is 30.2 Å². The second-order valence-electron chi connectivity index (χ2n) is 11.0. The molecule has 190 valence electrons. The number of hydrogen-bond donors (Lipinski definition) is 3. The lowest BCUT2D eigenvalue weighted by Crippen LogP contribution is -2.29. The number of carbonyl (C=O) groups is 2. The van der Waals surface area contributed by atoms with Gasteiger partial charge in [-0.15, -0.1) is 0 Å². The molecule has 0 aromatic rings. The van der Waals surface area contributed by atoms with Crippen molar-refractivity contribution in [3.63, 3.8) is 0 Å². The van der Waals surface area contributed by atoms with Gasteiger partial charge in [-0.3, -0.25) is 9.59 Å². The average molecular weight is 476 g/mol. The number of allylic oxidation sites excluding steroid dienone is 2. The lowest BCUT2D eigenvalue weighted by atomic mass is 9.82. The molecule has 1 aliphatic carbocycles. The Morgan fingerprint density at radius 3 is 2.29 bits per heavy atom. The third-order valence-electron chi connectivity index (χ3n) is 7.68. The fourth-order valence-corrected chi connectivity index (χ4v) is 5.40. The summed E-state index contributed by atoms with van der Waals surface area (Å²) in [6, 6.07) is 2.09. The average Bonchev–Trinajstić information content (AvgIpc) is 3.44. The molecule has 0 spiro atoms. The Bertz CT molecular complexity index is 829. The van der Waals surface area contributed by atoms with E-state index in [4.69, 9.17) is 4.74 Å². The highest BCUT2D eigenvalue weighted by Gasteiger charge is 2.60. The number of ether oxygens (including phenoxy) is 1. The summed E-state index contributed by atoms with van der Waals surface area (Å²) in [5.41, 5.74) is -0.662. The second kappa shape index (κ2) is 12.0. The maximum Gasteiger partial charge on any atom is 0.309 e. The molecule has 0 radical (unpaired) electrons. The van der Waals surface area contributed by atoms with Gasteiger partial charge in [0.1, 0.15) is 6.10 Å². The van der Waals surface area contributed by atoms with Gasteiger partial charge in [-0.05, 0) is 62.4 Å². The Kier molecular flexibility index (Phi) is 9.90. The van der Waals surface area contributed by atoms with E-state index < -0.39 is 35.7 Å². The van der Waals surface area contributed by atoms with Crippen molar-refractivity contribution in [3.05, 3.63) is 23.8 Å². The van der Waals surface area contributed by atoms with Crippen molar-refractivity contribution in [1.29, 1.82) is 5.26 Å². The molecule has 2 rings (SSSR count). The number of esters is 1. The van der Waals surface area contributed by atoms with Crippen LogP contribution < -0.4 is 0 Å². The van der Waals surface area contributed by atoms with Crippen LogP contribution in [0.15, 0.2) is 23.8 Å². The molecule has 0 aromatic heterocycles. The van der Waals surface area contributed by atoms with E-state index in [1.54, 1.807) is 25.2 Å². The number of aliphatic hydroxyl groups excluding tert-OH is 2. The predicted molar refractivity (Wildman–Crippen MR) is 128 cm³/mol. The number of carbonyl (C=O) groups excluding carboxylic acids is 1. The largest absolute Gasteiger partial charge is 0.481 e. The zero-order valence-corrected chi connectivity index (χ0v) is 21.1. The van der Waals surface area contributed by atoms with Gasteiger partial charge in [0.2, 0.25) is 0 Å². The summed E-state index contributed by atoms with van der Waals surface area (Å²) in [6.45, 7) is 9.78. The van der Waals surface area contributed by atoms with Gasteiger partial charge < -0.3 is 20.1 Å². The maximum atomic E-state index is 12.6. The molecule has 0 saturated heterocycles. The number of hydrogen-bond acceptors (Lipinski definition) is 6. The summed E-state index contributed by atoms with van der Waals surface area (Å²) < 4.78 is 5.67. The second-order valence-corrected chi connectivity index (χ2v) is 11.0. The van der Waals surface area contributed by atoms with Crippen molar-refractivity contribution in [1.82, 2.24) is 0 Å². The van der Waals surface area contributed by atoms with Crippen molar-refractivity contribution in [2.24, 2.45) is 35.0 Å². The first-order chi connectivity index (χ1) is 15.9. The fraction of sp³-hybridized carbons (Fsp3) is 0.741. The van der Waals surface area contributed by atoms with E-state index >= 15 is 0 Å². The Balaban J connectivity index is 2.27. The van der Waals surface area contributed by atoms with Gasteiger partial charge in [-0.25, -0.2) is 0 Å². The maximum absolute atomic E-state index is 12.6. The van der Waals surface area contributed by atoms with Gasteiger partial charge in [0.15, 0.2) is 0 Å². The molecule has 9 atom stereocenters. The lowest BCUT2D eigenvalue weighted by molar-refractivity contribution is -0.155. The van der Waals surface area contributed by atoms with Gasteiger partial charge in [0, 0.05) is 12.3 Å². The van der Waals surface area contributed by atoms with Gasteiger partial charge in [-0.1, -0.05) is 39.8 Å². The summed E-state index contributed by atoms with van der Waals surface area (Å²) >= 11 is 0. The van der Waals surface area contributed by atoms with E-state index in [0.717, 1.165) is 19.3 Å². The third-order valence-corrected chi connectivity index (χ3v) is 7.68. The normalized spacial score (nSPS) is 40.8. The first-order valence-electron chi connectivity index (χ1n) is 12.4. The fourth-order valence-electron chi connectivity index (χ4n) is 5.40. The summed E-state index contributed by atoms with van der Waals surface area (Å²) in [5.74, 6) is -1.28. The molecule has 34 heavy (non-hydrogen) atoms. The minimum Gasteiger partial charge on any atom is -0.481 e. The molecule has 3 N–H and O–H groups in total. The number of carboxylic acids is 1. The van der Waals surface area contributed by atoms with Crippen LogP contribution in [0.5, 0.6) is 0 Å². The van der Waals surface area contributed by atoms with Crippen molar-refractivity contribution in [2.45, 2.75) is 91.5 Å². The topological polar surface area (TPSA) is 128 Å². The molecule has 1 saturated carbocycles. The summed E-state index contributed by atoms with van der Waals surface area (Å²) in [4.78, 5) is 24.3. The van der Waals surface area contributed by atoms with Crippen molar-refractivity contribution in [3.8, 4) is 6.07 Å². The highest BCUT2D eigenvalue weighted by molar-refractivity contribution is 5.78. The number of aliphatic hydroxyl groups is 2. The van der Waals surface area contributed by atoms with Crippen LogP contribution in [-0.2, 0) is 14.3 Å². The third kappa shape index (κ3) is 7.41.